The highest BCUT2D eigenvalue weighted by Gasteiger charge is 2.44. The van der Waals surface area contributed by atoms with E-state index in [-0.39, 0.29) is 36.6 Å². The second-order valence-electron chi connectivity index (χ2n) is 15.7. The molecule has 0 aromatic heterocycles. The number of amides is 1. The summed E-state index contributed by atoms with van der Waals surface area (Å²) in [6, 6.07) is 13.1. The number of nitrogens with zero attached hydrogens (tertiary/aromatic N) is 2. The number of morpholine rings is 1. The Labute approximate surface area is 329 Å². The largest absolute Gasteiger partial charge is 0.493 e. The predicted molar refractivity (Wildman–Crippen MR) is 212 cm³/mol. The molecule has 2 saturated heterocycles. The summed E-state index contributed by atoms with van der Waals surface area (Å²) >= 11 is 0. The normalized spacial score (nSPS) is 20.1. The van der Waals surface area contributed by atoms with Gasteiger partial charge in [0.2, 0.25) is 5.91 Å². The summed E-state index contributed by atoms with van der Waals surface area (Å²) in [7, 11) is 4.87. The highest BCUT2D eigenvalue weighted by Crippen LogP contribution is 2.38. The Morgan fingerprint density at radius 1 is 0.873 bits per heavy atom. The van der Waals surface area contributed by atoms with Crippen LogP contribution >= 0.6 is 0 Å². The Morgan fingerprint density at radius 2 is 1.64 bits per heavy atom. The number of benzene rings is 2. The molecule has 2 aliphatic heterocycles. The van der Waals surface area contributed by atoms with Gasteiger partial charge in [-0.05, 0) is 98.6 Å². The minimum Gasteiger partial charge on any atom is -0.493 e. The fourth-order valence-electron chi connectivity index (χ4n) is 8.50. The topological polar surface area (TPSA) is 105 Å². The van der Waals surface area contributed by atoms with Crippen LogP contribution in [0.5, 0.6) is 17.2 Å². The molecule has 2 aromatic rings. The summed E-state index contributed by atoms with van der Waals surface area (Å²) in [5.74, 6) is 1.92. The monoisotopic (exact) mass is 766 g/mol. The molecular weight excluding hydrogens is 700 g/mol. The Morgan fingerprint density at radius 3 is 2.36 bits per heavy atom. The molecule has 0 radical (unpaired) electrons. The van der Waals surface area contributed by atoms with Gasteiger partial charge in [0, 0.05) is 33.3 Å². The van der Waals surface area contributed by atoms with Gasteiger partial charge in [0.15, 0.2) is 11.5 Å². The van der Waals surface area contributed by atoms with E-state index in [1.807, 2.05) is 47.4 Å². The molecule has 0 N–H and O–H groups in total. The number of methoxy groups -OCH3 is 3. The van der Waals surface area contributed by atoms with Crippen molar-refractivity contribution in [3.8, 4) is 17.2 Å². The molecule has 4 atom stereocenters. The standard InChI is InChI=1S/C44H66N2O9/c1-32(2)28-41(54-31-49-3)42(34-12-7-6-8-13-34)43(47)46-21-10-9-16-37(46)44(48)55-38(19-17-33-18-20-39(50-4)40(29-33)51-5)35-14-11-15-36(30-35)53-27-24-45-22-25-52-26-23-45/h11,14-15,18,20,29-30,32,34,37-38,41-42H,6-10,12-13,16-17,19,21-28,31H2,1-5H3/t37-,38?,41+,42-/m0/s1. The molecule has 1 aliphatic carbocycles. The van der Waals surface area contributed by atoms with Crippen LogP contribution in [0.25, 0.3) is 0 Å². The molecular formula is C44H66N2O9. The molecule has 2 aromatic carbocycles. The van der Waals surface area contributed by atoms with Crippen LogP contribution in [0.4, 0.5) is 0 Å². The van der Waals surface area contributed by atoms with E-state index >= 15 is 0 Å². The minimum absolute atomic E-state index is 0.0212. The molecule has 1 unspecified atom stereocenters. The van der Waals surface area contributed by atoms with Crippen molar-refractivity contribution in [2.75, 3.05) is 74.1 Å². The molecule has 3 fully saturated rings. The van der Waals surface area contributed by atoms with Crippen LogP contribution in [0.15, 0.2) is 42.5 Å². The first-order chi connectivity index (χ1) is 26.8. The fraction of sp³-hybridized carbons (Fsp3) is 0.682. The number of piperidine rings is 1. The van der Waals surface area contributed by atoms with Crippen LogP contribution in [0.1, 0.15) is 95.3 Å². The van der Waals surface area contributed by atoms with E-state index < -0.39 is 12.1 Å². The molecule has 55 heavy (non-hydrogen) atoms. The van der Waals surface area contributed by atoms with Crippen LogP contribution in [-0.4, -0.2) is 108 Å². The summed E-state index contributed by atoms with van der Waals surface area (Å²) in [6.45, 7) is 9.65. The van der Waals surface area contributed by atoms with E-state index in [9.17, 15) is 9.59 Å². The maximum absolute atomic E-state index is 14.9. The number of hydrogen-bond donors (Lipinski definition) is 0. The van der Waals surface area contributed by atoms with Gasteiger partial charge in [-0.2, -0.15) is 0 Å². The number of aryl methyl sites for hydroxylation is 1. The van der Waals surface area contributed by atoms with Crippen LogP contribution in [0.2, 0.25) is 0 Å². The molecule has 0 spiro atoms. The lowest BCUT2D eigenvalue weighted by molar-refractivity contribution is -0.169. The summed E-state index contributed by atoms with van der Waals surface area (Å²) in [5.41, 5.74) is 1.89. The van der Waals surface area contributed by atoms with Gasteiger partial charge in [-0.3, -0.25) is 9.69 Å². The lowest BCUT2D eigenvalue weighted by Gasteiger charge is -2.42. The summed E-state index contributed by atoms with van der Waals surface area (Å²) in [4.78, 5) is 33.6. The van der Waals surface area contributed by atoms with Gasteiger partial charge in [0.05, 0.1) is 39.5 Å². The van der Waals surface area contributed by atoms with Crippen molar-refractivity contribution in [3.05, 3.63) is 53.6 Å². The number of rotatable bonds is 20. The van der Waals surface area contributed by atoms with Gasteiger partial charge < -0.3 is 38.1 Å². The third-order valence-electron chi connectivity index (χ3n) is 11.4. The second-order valence-corrected chi connectivity index (χ2v) is 15.7. The number of carbonyl (C=O) groups is 2. The van der Waals surface area contributed by atoms with E-state index in [4.69, 9.17) is 33.2 Å². The highest BCUT2D eigenvalue weighted by molar-refractivity contribution is 5.86. The zero-order valence-corrected chi connectivity index (χ0v) is 34.0. The van der Waals surface area contributed by atoms with Crippen molar-refractivity contribution in [1.29, 1.82) is 0 Å². The maximum atomic E-state index is 14.9. The Bertz CT molecular complexity index is 1460. The van der Waals surface area contributed by atoms with Crippen LogP contribution < -0.4 is 14.2 Å². The van der Waals surface area contributed by atoms with Crippen LogP contribution in [-0.2, 0) is 35.0 Å². The van der Waals surface area contributed by atoms with Gasteiger partial charge in [0.1, 0.15) is 31.3 Å². The molecule has 0 bridgehead atoms. The molecule has 11 nitrogen and oxygen atoms in total. The molecule has 5 rings (SSSR count). The van der Waals surface area contributed by atoms with E-state index in [0.717, 1.165) is 94.7 Å². The lowest BCUT2D eigenvalue weighted by atomic mass is 9.74. The van der Waals surface area contributed by atoms with Crippen molar-refractivity contribution in [1.82, 2.24) is 9.80 Å². The van der Waals surface area contributed by atoms with Crippen LogP contribution in [0.3, 0.4) is 0 Å². The van der Waals surface area contributed by atoms with Crippen molar-refractivity contribution in [2.45, 2.75) is 103 Å². The number of likely N-dealkylation sites (tertiary alicyclic amines) is 1. The van der Waals surface area contributed by atoms with Gasteiger partial charge in [-0.1, -0.05) is 51.3 Å². The number of ether oxygens (including phenoxy) is 7. The first-order valence-electron chi connectivity index (χ1n) is 20.7. The fourth-order valence-corrected chi connectivity index (χ4v) is 8.50. The summed E-state index contributed by atoms with van der Waals surface area (Å²) in [6.07, 6.45) is 8.75. The molecule has 1 amide bonds. The van der Waals surface area contributed by atoms with Gasteiger partial charge >= 0.3 is 5.97 Å². The van der Waals surface area contributed by atoms with E-state index in [2.05, 4.69) is 18.7 Å². The average molecular weight is 767 g/mol. The number of hydrogen-bond acceptors (Lipinski definition) is 10. The molecule has 1 saturated carbocycles. The first kappa shape index (κ1) is 42.8. The molecule has 2 heterocycles. The SMILES string of the molecule is COCO[C@H](CC(C)C)[C@@H](C(=O)N1CCCC[C@H]1C(=O)OC(CCc1ccc(OC)c(OC)c1)c1cccc(OCCN2CCOCC2)c1)C1CCCCC1. The van der Waals surface area contributed by atoms with E-state index in [0.29, 0.717) is 49.8 Å². The third kappa shape index (κ3) is 12.6. The quantitative estimate of drug-likeness (QED) is 0.101. The Balaban J connectivity index is 1.37. The van der Waals surface area contributed by atoms with E-state index in [1.54, 1.807) is 21.3 Å². The summed E-state index contributed by atoms with van der Waals surface area (Å²) < 4.78 is 40.9. The number of carbonyl (C=O) groups excluding carboxylic acids is 2. The smallest absolute Gasteiger partial charge is 0.329 e. The molecule has 3 aliphatic rings. The second kappa shape index (κ2) is 22.4. The first-order valence-corrected chi connectivity index (χ1v) is 20.7. The van der Waals surface area contributed by atoms with E-state index in [1.165, 1.54) is 6.42 Å². The van der Waals surface area contributed by atoms with Crippen molar-refractivity contribution < 1.29 is 42.7 Å². The third-order valence-corrected chi connectivity index (χ3v) is 11.4. The summed E-state index contributed by atoms with van der Waals surface area (Å²) in [5, 5.41) is 0. The maximum Gasteiger partial charge on any atom is 0.329 e. The van der Waals surface area contributed by atoms with Crippen molar-refractivity contribution in [3.63, 3.8) is 0 Å². The Kier molecular flexibility index (Phi) is 17.4. The average Bonchev–Trinajstić information content (AvgIpc) is 3.22. The molecule has 306 valence electrons. The molecule has 11 heteroatoms. The minimum atomic E-state index is -0.661. The predicted octanol–water partition coefficient (Wildman–Crippen LogP) is 7.24. The van der Waals surface area contributed by atoms with Gasteiger partial charge in [-0.15, -0.1) is 0 Å². The highest BCUT2D eigenvalue weighted by atomic mass is 16.7. The van der Waals surface area contributed by atoms with Crippen molar-refractivity contribution >= 4 is 11.9 Å². The number of esters is 1. The van der Waals surface area contributed by atoms with Crippen molar-refractivity contribution in [2.24, 2.45) is 17.8 Å². The Hall–Kier alpha value is -3.38. The van der Waals surface area contributed by atoms with Crippen LogP contribution in [0, 0.1) is 17.8 Å². The lowest BCUT2D eigenvalue weighted by Crippen LogP contribution is -2.54. The van der Waals surface area contributed by atoms with Gasteiger partial charge in [0.25, 0.3) is 0 Å². The van der Waals surface area contributed by atoms with Gasteiger partial charge in [-0.25, -0.2) is 4.79 Å². The zero-order valence-electron chi connectivity index (χ0n) is 34.0. The zero-order chi connectivity index (χ0) is 39.0.